The highest BCUT2D eigenvalue weighted by Crippen LogP contribution is 2.38. The molecule has 1 aromatic rings. The van der Waals surface area contributed by atoms with Gasteiger partial charge in [-0.3, -0.25) is 0 Å². The molecule has 5 heteroatoms. The van der Waals surface area contributed by atoms with Crippen molar-refractivity contribution < 1.29 is 19.3 Å². The molecule has 0 bridgehead atoms. The van der Waals surface area contributed by atoms with Gasteiger partial charge in [0.25, 0.3) is 0 Å². The van der Waals surface area contributed by atoms with Crippen LogP contribution in [0.3, 0.4) is 0 Å². The van der Waals surface area contributed by atoms with Gasteiger partial charge in [0.1, 0.15) is 0 Å². The molecule has 1 rings (SSSR count). The van der Waals surface area contributed by atoms with E-state index in [1.54, 1.807) is 54.2 Å². The van der Waals surface area contributed by atoms with E-state index in [1.165, 1.54) is 0 Å². The van der Waals surface area contributed by atoms with E-state index >= 15 is 0 Å². The lowest BCUT2D eigenvalue weighted by Gasteiger charge is -2.12. The Balaban J connectivity index is 0. The van der Waals surface area contributed by atoms with Crippen molar-refractivity contribution in [2.45, 2.75) is 40.2 Å². The first-order chi connectivity index (χ1) is 9.22. The topological polar surface area (TPSA) is 73.9 Å². The summed E-state index contributed by atoms with van der Waals surface area (Å²) >= 11 is 0. The van der Waals surface area contributed by atoms with Crippen molar-refractivity contribution in [2.75, 3.05) is 27.1 Å². The van der Waals surface area contributed by atoms with Gasteiger partial charge in [-0.15, -0.1) is 0 Å². The van der Waals surface area contributed by atoms with Crippen LogP contribution in [-0.2, 0) is 0 Å². The van der Waals surface area contributed by atoms with Gasteiger partial charge < -0.3 is 25.1 Å². The smallest absolute Gasteiger partial charge is 0.203 e. The van der Waals surface area contributed by atoms with Crippen LogP contribution in [0, 0.1) is 0 Å². The molecule has 0 unspecified atom stereocenters. The van der Waals surface area contributed by atoms with Crippen LogP contribution in [0.25, 0.3) is 0 Å². The number of ether oxygens (including phenoxy) is 3. The molecule has 1 aromatic carbocycles. The molecule has 0 amide bonds. The fraction of sp³-hybridized carbons (Fsp3) is 0.600. The van der Waals surface area contributed by atoms with Crippen molar-refractivity contribution in [3.8, 4) is 17.2 Å². The Kier molecular flexibility index (Phi) is 10.6. The van der Waals surface area contributed by atoms with Gasteiger partial charge in [0.05, 0.1) is 26.9 Å². The summed E-state index contributed by atoms with van der Waals surface area (Å²) in [5.74, 6) is 1.69. The summed E-state index contributed by atoms with van der Waals surface area (Å²) in [6, 6.07) is 3.36. The van der Waals surface area contributed by atoms with Crippen molar-refractivity contribution >= 4 is 5.69 Å². The monoisotopic (exact) mass is 287 g/mol. The van der Waals surface area contributed by atoms with E-state index in [9.17, 15) is 0 Å². The van der Waals surface area contributed by atoms with E-state index in [4.69, 9.17) is 25.1 Å². The molecule has 0 aliphatic heterocycles. The van der Waals surface area contributed by atoms with Crippen LogP contribution < -0.4 is 19.9 Å². The van der Waals surface area contributed by atoms with Gasteiger partial charge in [0.2, 0.25) is 5.75 Å². The van der Waals surface area contributed by atoms with Crippen LogP contribution in [0.4, 0.5) is 5.69 Å². The molecule has 0 saturated heterocycles. The molecular formula is C15H29NO4. The van der Waals surface area contributed by atoms with E-state index in [0.29, 0.717) is 22.9 Å². The Morgan fingerprint density at radius 3 is 1.40 bits per heavy atom. The Morgan fingerprint density at radius 1 is 0.900 bits per heavy atom. The number of nitrogens with two attached hydrogens (primary N) is 1. The first-order valence-electron chi connectivity index (χ1n) is 6.50. The SMILES string of the molecule is CC.CC(C)(C)O.COc1cc(N)cc(OC)c1OC. The van der Waals surface area contributed by atoms with Crippen LogP contribution in [0.5, 0.6) is 17.2 Å². The first-order valence-corrected chi connectivity index (χ1v) is 6.50. The van der Waals surface area contributed by atoms with Crippen LogP contribution >= 0.6 is 0 Å². The third kappa shape index (κ3) is 9.33. The molecule has 0 spiro atoms. The van der Waals surface area contributed by atoms with Gasteiger partial charge in [0.15, 0.2) is 11.5 Å². The summed E-state index contributed by atoms with van der Waals surface area (Å²) in [5.41, 5.74) is 5.70. The fourth-order valence-electron chi connectivity index (χ4n) is 1.10. The standard InChI is InChI=1S/C9H13NO3.C4H10O.C2H6/c1-11-7-4-6(10)5-8(12-2)9(7)13-3;1-4(2,3)5;1-2/h4-5H,10H2,1-3H3;5H,1-3H3;1-2H3. The quantitative estimate of drug-likeness (QED) is 0.836. The Morgan fingerprint density at radius 2 is 1.20 bits per heavy atom. The molecule has 0 aromatic heterocycles. The zero-order valence-corrected chi connectivity index (χ0v) is 13.9. The highest BCUT2D eigenvalue weighted by molar-refractivity contribution is 5.60. The zero-order chi connectivity index (χ0) is 16.3. The highest BCUT2D eigenvalue weighted by Gasteiger charge is 2.11. The molecule has 0 aliphatic rings. The maximum absolute atomic E-state index is 8.52. The van der Waals surface area contributed by atoms with Crippen LogP contribution in [-0.4, -0.2) is 32.0 Å². The number of hydrogen-bond donors (Lipinski definition) is 2. The van der Waals surface area contributed by atoms with Crippen molar-refractivity contribution in [3.05, 3.63) is 12.1 Å². The maximum atomic E-state index is 8.52. The second-order valence-electron chi connectivity index (χ2n) is 4.63. The number of hydrogen-bond acceptors (Lipinski definition) is 5. The summed E-state index contributed by atoms with van der Waals surface area (Å²) in [6.07, 6.45) is 0. The molecule has 0 heterocycles. The van der Waals surface area contributed by atoms with Crippen LogP contribution in [0.15, 0.2) is 12.1 Å². The Hall–Kier alpha value is -1.62. The minimum absolute atomic E-state index is 0.500. The lowest BCUT2D eigenvalue weighted by Crippen LogP contribution is -2.10. The zero-order valence-electron chi connectivity index (χ0n) is 13.9. The van der Waals surface area contributed by atoms with E-state index < -0.39 is 5.60 Å². The molecule has 0 saturated carbocycles. The number of methoxy groups -OCH3 is 3. The summed E-state index contributed by atoms with van der Waals surface area (Å²) in [7, 11) is 4.66. The van der Waals surface area contributed by atoms with Gasteiger partial charge in [0, 0.05) is 17.8 Å². The van der Waals surface area contributed by atoms with E-state index in [2.05, 4.69) is 0 Å². The Labute approximate surface area is 122 Å². The van der Waals surface area contributed by atoms with E-state index in [1.807, 2.05) is 13.8 Å². The van der Waals surface area contributed by atoms with Gasteiger partial charge in [-0.2, -0.15) is 0 Å². The second kappa shape index (κ2) is 10.2. The number of benzene rings is 1. The number of aliphatic hydroxyl groups is 1. The van der Waals surface area contributed by atoms with E-state index in [0.717, 1.165) is 0 Å². The predicted molar refractivity (Wildman–Crippen MR) is 83.8 cm³/mol. The largest absolute Gasteiger partial charge is 0.493 e. The van der Waals surface area contributed by atoms with Gasteiger partial charge >= 0.3 is 0 Å². The van der Waals surface area contributed by atoms with Gasteiger partial charge in [-0.1, -0.05) is 13.8 Å². The molecule has 0 radical (unpaired) electrons. The number of rotatable bonds is 3. The highest BCUT2D eigenvalue weighted by atomic mass is 16.5. The van der Waals surface area contributed by atoms with Gasteiger partial charge in [-0.25, -0.2) is 0 Å². The Bertz CT molecular complexity index is 342. The predicted octanol–water partition coefficient (Wildman–Crippen LogP) is 3.10. The fourth-order valence-corrected chi connectivity index (χ4v) is 1.10. The summed E-state index contributed by atoms with van der Waals surface area (Å²) < 4.78 is 15.3. The molecular weight excluding hydrogens is 258 g/mol. The van der Waals surface area contributed by atoms with Crippen molar-refractivity contribution in [3.63, 3.8) is 0 Å². The average Bonchev–Trinajstić information content (AvgIpc) is 2.37. The summed E-state index contributed by atoms with van der Waals surface area (Å²) in [6.45, 7) is 9.23. The lowest BCUT2D eigenvalue weighted by atomic mass is 10.2. The first kappa shape index (κ1) is 20.7. The minimum Gasteiger partial charge on any atom is -0.493 e. The second-order valence-corrected chi connectivity index (χ2v) is 4.63. The number of anilines is 1. The maximum Gasteiger partial charge on any atom is 0.203 e. The van der Waals surface area contributed by atoms with Crippen molar-refractivity contribution in [2.24, 2.45) is 0 Å². The molecule has 5 nitrogen and oxygen atoms in total. The molecule has 0 fully saturated rings. The van der Waals surface area contributed by atoms with Crippen LogP contribution in [0.1, 0.15) is 34.6 Å². The van der Waals surface area contributed by atoms with Gasteiger partial charge in [-0.05, 0) is 20.8 Å². The molecule has 118 valence electrons. The normalized spacial score (nSPS) is 9.45. The molecule has 20 heavy (non-hydrogen) atoms. The molecule has 3 N–H and O–H groups in total. The van der Waals surface area contributed by atoms with Crippen molar-refractivity contribution in [1.82, 2.24) is 0 Å². The summed E-state index contributed by atoms with van der Waals surface area (Å²) in [4.78, 5) is 0. The average molecular weight is 287 g/mol. The summed E-state index contributed by atoms with van der Waals surface area (Å²) in [5, 5.41) is 8.52. The van der Waals surface area contributed by atoms with Crippen LogP contribution in [0.2, 0.25) is 0 Å². The molecule has 0 atom stereocenters. The third-order valence-corrected chi connectivity index (χ3v) is 1.69. The third-order valence-electron chi connectivity index (χ3n) is 1.69. The molecule has 0 aliphatic carbocycles. The lowest BCUT2D eigenvalue weighted by molar-refractivity contribution is 0.102. The van der Waals surface area contributed by atoms with Crippen molar-refractivity contribution in [1.29, 1.82) is 0 Å². The minimum atomic E-state index is -0.500. The van der Waals surface area contributed by atoms with E-state index in [-0.39, 0.29) is 0 Å². The number of nitrogen functional groups attached to an aromatic ring is 1.